The lowest BCUT2D eigenvalue weighted by molar-refractivity contribution is -0.181. The van der Waals surface area contributed by atoms with Gasteiger partial charge in [-0.2, -0.15) is 0 Å². The fourth-order valence-electron chi connectivity index (χ4n) is 3.10. The van der Waals surface area contributed by atoms with Crippen LogP contribution >= 0.6 is 0 Å². The summed E-state index contributed by atoms with van der Waals surface area (Å²) in [7, 11) is 0. The van der Waals surface area contributed by atoms with Crippen LogP contribution in [0.1, 0.15) is 32.3 Å². The van der Waals surface area contributed by atoms with Crippen LogP contribution in [0.25, 0.3) is 0 Å². The van der Waals surface area contributed by atoms with E-state index in [0.717, 1.165) is 6.42 Å². The second kappa shape index (κ2) is 5.61. The normalized spacial score (nSPS) is 30.2. The van der Waals surface area contributed by atoms with Gasteiger partial charge in [0.25, 0.3) is 0 Å². The summed E-state index contributed by atoms with van der Waals surface area (Å²) in [5.41, 5.74) is 5.95. The third kappa shape index (κ3) is 3.56. The van der Waals surface area contributed by atoms with Gasteiger partial charge in [-0.25, -0.2) is 0 Å². The summed E-state index contributed by atoms with van der Waals surface area (Å²) in [5.74, 6) is 0.117. The summed E-state index contributed by atoms with van der Waals surface area (Å²) in [4.78, 5) is 0. The van der Waals surface area contributed by atoms with Crippen LogP contribution in [0.15, 0.2) is 30.3 Å². The highest BCUT2D eigenvalue weighted by atomic mass is 16.5. The molecule has 0 amide bonds. The molecule has 3 N–H and O–H groups in total. The minimum Gasteiger partial charge on any atom is -0.389 e. The Kier molecular flexibility index (Phi) is 4.29. The predicted molar refractivity (Wildman–Crippen MR) is 76.9 cm³/mol. The first-order valence-corrected chi connectivity index (χ1v) is 7.05. The van der Waals surface area contributed by atoms with Crippen molar-refractivity contribution in [2.24, 2.45) is 11.7 Å². The third-order valence-electron chi connectivity index (χ3n) is 4.07. The van der Waals surface area contributed by atoms with E-state index in [4.69, 9.17) is 10.5 Å². The summed E-state index contributed by atoms with van der Waals surface area (Å²) in [6.07, 6.45) is 2.12. The second-order valence-electron chi connectivity index (χ2n) is 6.28. The molecule has 0 aliphatic carbocycles. The molecule has 0 radical (unpaired) electrons. The average Bonchev–Trinajstić information content (AvgIpc) is 2.34. The van der Waals surface area contributed by atoms with E-state index in [9.17, 15) is 5.11 Å². The first kappa shape index (κ1) is 14.5. The van der Waals surface area contributed by atoms with Crippen LogP contribution in [0.3, 0.4) is 0 Å². The zero-order valence-corrected chi connectivity index (χ0v) is 11.9. The highest BCUT2D eigenvalue weighted by Gasteiger charge is 2.45. The molecule has 3 heteroatoms. The van der Waals surface area contributed by atoms with E-state index >= 15 is 0 Å². The maximum atomic E-state index is 11.0. The van der Waals surface area contributed by atoms with Crippen molar-refractivity contribution >= 4 is 0 Å². The minimum absolute atomic E-state index is 0.117. The molecular formula is C16H25NO2. The molecule has 1 fully saturated rings. The van der Waals surface area contributed by atoms with Crippen LogP contribution in [0.4, 0.5) is 0 Å². The van der Waals surface area contributed by atoms with Crippen LogP contribution in [0, 0.1) is 5.92 Å². The van der Waals surface area contributed by atoms with Gasteiger partial charge in [-0.15, -0.1) is 0 Å². The van der Waals surface area contributed by atoms with Crippen molar-refractivity contribution in [3.63, 3.8) is 0 Å². The Hall–Kier alpha value is -0.900. The van der Waals surface area contributed by atoms with Gasteiger partial charge in [0, 0.05) is 12.3 Å². The highest BCUT2D eigenvalue weighted by molar-refractivity contribution is 5.16. The number of hydrogen-bond acceptors (Lipinski definition) is 3. The molecule has 3 nitrogen and oxygen atoms in total. The van der Waals surface area contributed by atoms with Crippen molar-refractivity contribution < 1.29 is 9.84 Å². The molecule has 1 aromatic carbocycles. The van der Waals surface area contributed by atoms with Crippen molar-refractivity contribution in [3.05, 3.63) is 35.9 Å². The van der Waals surface area contributed by atoms with Crippen molar-refractivity contribution in [1.29, 1.82) is 0 Å². The molecule has 2 atom stereocenters. The molecule has 1 aromatic rings. The lowest BCUT2D eigenvalue weighted by Gasteiger charge is -2.47. The molecule has 2 rings (SSSR count). The maximum absolute atomic E-state index is 11.0. The molecule has 106 valence electrons. The first-order chi connectivity index (χ1) is 8.95. The Morgan fingerprint density at radius 3 is 2.63 bits per heavy atom. The number of aliphatic hydroxyl groups is 1. The largest absolute Gasteiger partial charge is 0.389 e. The number of rotatable bonds is 4. The van der Waals surface area contributed by atoms with E-state index in [1.165, 1.54) is 5.56 Å². The molecule has 0 saturated carbocycles. The quantitative estimate of drug-likeness (QED) is 0.875. The SMILES string of the molecule is CC1(C)C[C@@](O)(CCN)[C@H](Cc2ccccc2)CO1. The molecule has 1 aliphatic rings. The van der Waals surface area contributed by atoms with Gasteiger partial charge in [-0.3, -0.25) is 0 Å². The third-order valence-corrected chi connectivity index (χ3v) is 4.07. The lowest BCUT2D eigenvalue weighted by Crippen LogP contribution is -2.54. The Labute approximate surface area is 115 Å². The molecule has 19 heavy (non-hydrogen) atoms. The Morgan fingerprint density at radius 2 is 2.00 bits per heavy atom. The number of ether oxygens (including phenoxy) is 1. The first-order valence-electron chi connectivity index (χ1n) is 7.05. The molecule has 0 spiro atoms. The average molecular weight is 263 g/mol. The summed E-state index contributed by atoms with van der Waals surface area (Å²) >= 11 is 0. The van der Waals surface area contributed by atoms with E-state index in [1.54, 1.807) is 0 Å². The summed E-state index contributed by atoms with van der Waals surface area (Å²) < 4.78 is 5.89. The topological polar surface area (TPSA) is 55.5 Å². The monoisotopic (exact) mass is 263 g/mol. The summed E-state index contributed by atoms with van der Waals surface area (Å²) in [5, 5.41) is 11.0. The zero-order valence-electron chi connectivity index (χ0n) is 11.9. The van der Waals surface area contributed by atoms with Crippen LogP contribution in [-0.2, 0) is 11.2 Å². The van der Waals surface area contributed by atoms with E-state index < -0.39 is 5.60 Å². The Bertz CT molecular complexity index is 404. The van der Waals surface area contributed by atoms with Gasteiger partial charge in [-0.1, -0.05) is 30.3 Å². The van der Waals surface area contributed by atoms with Crippen LogP contribution in [-0.4, -0.2) is 29.5 Å². The van der Waals surface area contributed by atoms with E-state index in [2.05, 4.69) is 12.1 Å². The summed E-state index contributed by atoms with van der Waals surface area (Å²) in [6, 6.07) is 10.3. The molecule has 1 heterocycles. The van der Waals surface area contributed by atoms with E-state index in [1.807, 2.05) is 32.0 Å². The van der Waals surface area contributed by atoms with Gasteiger partial charge >= 0.3 is 0 Å². The summed E-state index contributed by atoms with van der Waals surface area (Å²) in [6.45, 7) is 5.18. The fraction of sp³-hybridized carbons (Fsp3) is 0.625. The van der Waals surface area contributed by atoms with Gasteiger partial charge in [0.1, 0.15) is 0 Å². The molecule has 0 bridgehead atoms. The van der Waals surface area contributed by atoms with Crippen molar-refractivity contribution in [2.45, 2.75) is 44.3 Å². The lowest BCUT2D eigenvalue weighted by atomic mass is 9.73. The van der Waals surface area contributed by atoms with Gasteiger partial charge in [-0.05, 0) is 38.8 Å². The second-order valence-corrected chi connectivity index (χ2v) is 6.28. The van der Waals surface area contributed by atoms with Crippen molar-refractivity contribution in [3.8, 4) is 0 Å². The van der Waals surface area contributed by atoms with Gasteiger partial charge in [0.15, 0.2) is 0 Å². The van der Waals surface area contributed by atoms with Crippen molar-refractivity contribution in [1.82, 2.24) is 0 Å². The van der Waals surface area contributed by atoms with Crippen molar-refractivity contribution in [2.75, 3.05) is 13.2 Å². The molecular weight excluding hydrogens is 238 g/mol. The molecule has 1 saturated heterocycles. The van der Waals surface area contributed by atoms with E-state index in [-0.39, 0.29) is 11.5 Å². The fourth-order valence-corrected chi connectivity index (χ4v) is 3.10. The predicted octanol–water partition coefficient (Wildman–Crippen LogP) is 2.12. The van der Waals surface area contributed by atoms with Crippen LogP contribution < -0.4 is 5.73 Å². The van der Waals surface area contributed by atoms with E-state index in [0.29, 0.717) is 26.0 Å². The zero-order chi connectivity index (χ0) is 13.9. The van der Waals surface area contributed by atoms with Crippen LogP contribution in [0.2, 0.25) is 0 Å². The smallest absolute Gasteiger partial charge is 0.0740 e. The highest BCUT2D eigenvalue weighted by Crippen LogP contribution is 2.39. The molecule has 1 aliphatic heterocycles. The Balaban J connectivity index is 2.14. The Morgan fingerprint density at radius 1 is 1.32 bits per heavy atom. The number of nitrogens with two attached hydrogens (primary N) is 1. The van der Waals surface area contributed by atoms with Gasteiger partial charge in [0.05, 0.1) is 17.8 Å². The standard InChI is InChI=1S/C16H25NO2/c1-15(2)12-16(18,8-9-17)14(11-19-15)10-13-6-4-3-5-7-13/h3-7,14,18H,8-12,17H2,1-2H3/t14-,16+/m1/s1. The maximum Gasteiger partial charge on any atom is 0.0740 e. The molecule has 0 aromatic heterocycles. The van der Waals surface area contributed by atoms with Gasteiger partial charge in [0.2, 0.25) is 0 Å². The van der Waals surface area contributed by atoms with Crippen LogP contribution in [0.5, 0.6) is 0 Å². The number of benzene rings is 1. The number of hydrogen-bond donors (Lipinski definition) is 2. The molecule has 0 unspecified atom stereocenters. The minimum atomic E-state index is -0.716. The van der Waals surface area contributed by atoms with Gasteiger partial charge < -0.3 is 15.6 Å².